The van der Waals surface area contributed by atoms with Gasteiger partial charge >= 0.3 is 6.18 Å². The molecule has 0 amide bonds. The molecule has 0 spiro atoms. The molecule has 43 heavy (non-hydrogen) atoms. The second-order valence-electron chi connectivity index (χ2n) is 12.0. The highest BCUT2D eigenvalue weighted by Gasteiger charge is 2.65. The SMILES string of the molecule is Cc1ccc2oc(C3CCN(c4c(C#N)c(=O)n(C)c5cc(O[C@@H]6CCOC6)c(C6(C(F)(F)F)CC6)cc45)CC3)nc2c1. The fraction of sp³-hybridized carbons (Fsp3) is 0.469. The number of benzene rings is 2. The van der Waals surface area contributed by atoms with Crippen molar-refractivity contribution in [1.82, 2.24) is 9.55 Å². The summed E-state index contributed by atoms with van der Waals surface area (Å²) in [5, 5.41) is 10.6. The number of oxazole rings is 1. The number of anilines is 1. The first-order valence-electron chi connectivity index (χ1n) is 14.6. The molecule has 1 atom stereocenters. The monoisotopic (exact) mass is 592 g/mol. The van der Waals surface area contributed by atoms with Crippen molar-refractivity contribution >= 4 is 27.7 Å². The molecule has 0 N–H and O–H groups in total. The molecular weight excluding hydrogens is 561 g/mol. The van der Waals surface area contributed by atoms with Crippen LogP contribution in [0.2, 0.25) is 0 Å². The maximum absolute atomic E-state index is 14.5. The summed E-state index contributed by atoms with van der Waals surface area (Å²) in [5.41, 5.74) is 0.871. The van der Waals surface area contributed by atoms with E-state index in [2.05, 4.69) is 6.07 Å². The lowest BCUT2D eigenvalue weighted by Gasteiger charge is -2.34. The first-order chi connectivity index (χ1) is 20.6. The number of nitrogens with zero attached hydrogens (tertiary/aromatic N) is 4. The van der Waals surface area contributed by atoms with Crippen LogP contribution in [0.25, 0.3) is 22.0 Å². The molecular formula is C32H31F3N4O4. The molecule has 2 aromatic carbocycles. The number of fused-ring (bicyclic) bond motifs is 2. The predicted molar refractivity (Wildman–Crippen MR) is 154 cm³/mol. The zero-order chi connectivity index (χ0) is 30.1. The van der Waals surface area contributed by atoms with Gasteiger partial charge < -0.3 is 23.4 Å². The molecule has 1 saturated carbocycles. The molecule has 4 aromatic rings. The molecule has 3 fully saturated rings. The van der Waals surface area contributed by atoms with E-state index in [1.807, 2.05) is 30.0 Å². The average Bonchev–Trinajstić information content (AvgIpc) is 3.46. The number of aromatic nitrogens is 2. The van der Waals surface area contributed by atoms with Crippen molar-refractivity contribution < 1.29 is 27.1 Å². The summed E-state index contributed by atoms with van der Waals surface area (Å²) < 4.78 is 62.4. The van der Waals surface area contributed by atoms with Crippen LogP contribution in [0.4, 0.5) is 18.9 Å². The summed E-state index contributed by atoms with van der Waals surface area (Å²) in [6.45, 7) is 3.73. The van der Waals surface area contributed by atoms with Crippen molar-refractivity contribution in [2.45, 2.75) is 62.6 Å². The summed E-state index contributed by atoms with van der Waals surface area (Å²) in [6.07, 6.45) is -3.05. The number of nitriles is 1. The van der Waals surface area contributed by atoms with Crippen LogP contribution in [0.5, 0.6) is 5.75 Å². The number of hydrogen-bond donors (Lipinski definition) is 0. The molecule has 4 heterocycles. The van der Waals surface area contributed by atoms with E-state index in [0.29, 0.717) is 68.0 Å². The van der Waals surface area contributed by atoms with Gasteiger partial charge in [-0.1, -0.05) is 6.07 Å². The summed E-state index contributed by atoms with van der Waals surface area (Å²) in [7, 11) is 1.54. The molecule has 224 valence electrons. The van der Waals surface area contributed by atoms with Gasteiger partial charge in [0.25, 0.3) is 5.56 Å². The van der Waals surface area contributed by atoms with E-state index in [0.717, 1.165) is 16.7 Å². The molecule has 2 aromatic heterocycles. The van der Waals surface area contributed by atoms with Gasteiger partial charge in [0.1, 0.15) is 29.0 Å². The maximum atomic E-state index is 14.5. The molecule has 1 aliphatic carbocycles. The average molecular weight is 593 g/mol. The predicted octanol–water partition coefficient (Wildman–Crippen LogP) is 6.01. The van der Waals surface area contributed by atoms with Gasteiger partial charge in [-0.05, 0) is 56.4 Å². The highest BCUT2D eigenvalue weighted by molar-refractivity contribution is 5.97. The number of piperidine rings is 1. The van der Waals surface area contributed by atoms with E-state index < -0.39 is 17.2 Å². The standard InChI is InChI=1S/C32H31F3N4O4/c1-18-3-4-26-24(13-18)37-29(43-26)19-5-10-39(11-6-19)28-21-14-23(31(8-9-31)32(33,34)35)27(42-20-7-12-41-17-20)15-25(21)38(2)30(40)22(28)16-36/h3-4,13-15,19-20H,5-12,17H2,1-2H3/t20-/m1/s1. The van der Waals surface area contributed by atoms with Gasteiger partial charge in [0.05, 0.1) is 29.8 Å². The summed E-state index contributed by atoms with van der Waals surface area (Å²) in [6, 6.07) is 11.0. The van der Waals surface area contributed by atoms with Gasteiger partial charge in [-0.15, -0.1) is 0 Å². The Morgan fingerprint density at radius 1 is 1.14 bits per heavy atom. The Kier molecular flexibility index (Phi) is 6.47. The number of ether oxygens (including phenoxy) is 2. The molecule has 2 saturated heterocycles. The Bertz CT molecular complexity index is 1840. The number of alkyl halides is 3. The Labute approximate surface area is 245 Å². The lowest BCUT2D eigenvalue weighted by Crippen LogP contribution is -2.36. The molecule has 0 radical (unpaired) electrons. The van der Waals surface area contributed by atoms with Crippen LogP contribution in [0.1, 0.15) is 60.6 Å². The third-order valence-corrected chi connectivity index (χ3v) is 9.29. The van der Waals surface area contributed by atoms with Crippen molar-refractivity contribution in [1.29, 1.82) is 5.26 Å². The van der Waals surface area contributed by atoms with E-state index in [1.165, 1.54) is 17.7 Å². The number of rotatable bonds is 5. The Morgan fingerprint density at radius 3 is 2.56 bits per heavy atom. The molecule has 8 nitrogen and oxygen atoms in total. The lowest BCUT2D eigenvalue weighted by molar-refractivity contribution is -0.161. The van der Waals surface area contributed by atoms with Gasteiger partial charge in [0.15, 0.2) is 11.5 Å². The second kappa shape index (κ2) is 10.0. The van der Waals surface area contributed by atoms with Crippen molar-refractivity contribution in [3.63, 3.8) is 0 Å². The van der Waals surface area contributed by atoms with E-state index in [-0.39, 0.29) is 41.7 Å². The van der Waals surface area contributed by atoms with E-state index >= 15 is 0 Å². The first kappa shape index (κ1) is 27.8. The third kappa shape index (κ3) is 4.54. The van der Waals surface area contributed by atoms with Crippen LogP contribution in [0, 0.1) is 18.3 Å². The maximum Gasteiger partial charge on any atom is 0.398 e. The van der Waals surface area contributed by atoms with Gasteiger partial charge in [-0.2, -0.15) is 18.4 Å². The zero-order valence-electron chi connectivity index (χ0n) is 24.0. The fourth-order valence-corrected chi connectivity index (χ4v) is 6.65. The molecule has 7 rings (SSSR count). The van der Waals surface area contributed by atoms with Crippen molar-refractivity contribution in [3.8, 4) is 11.8 Å². The minimum absolute atomic E-state index is 0.0384. The van der Waals surface area contributed by atoms with Gasteiger partial charge in [-0.25, -0.2) is 4.98 Å². The Hall–Kier alpha value is -4.04. The molecule has 0 bridgehead atoms. The van der Waals surface area contributed by atoms with E-state index in [4.69, 9.17) is 18.9 Å². The highest BCUT2D eigenvalue weighted by Crippen LogP contribution is 2.61. The largest absolute Gasteiger partial charge is 0.488 e. The van der Waals surface area contributed by atoms with Gasteiger partial charge in [0, 0.05) is 49.5 Å². The number of pyridine rings is 1. The first-order valence-corrected chi connectivity index (χ1v) is 14.6. The topological polar surface area (TPSA) is 93.5 Å². The van der Waals surface area contributed by atoms with Gasteiger partial charge in [0.2, 0.25) is 0 Å². The quantitative estimate of drug-likeness (QED) is 0.280. The third-order valence-electron chi connectivity index (χ3n) is 9.29. The Balaban J connectivity index is 1.31. The normalized spacial score (nSPS) is 20.6. The number of hydrogen-bond acceptors (Lipinski definition) is 7. The van der Waals surface area contributed by atoms with Crippen LogP contribution < -0.4 is 15.2 Å². The van der Waals surface area contributed by atoms with Crippen molar-refractivity contribution in [2.75, 3.05) is 31.2 Å². The smallest absolute Gasteiger partial charge is 0.398 e. The van der Waals surface area contributed by atoms with Crippen molar-refractivity contribution in [3.05, 3.63) is 63.3 Å². The second-order valence-corrected chi connectivity index (χ2v) is 12.0. The van der Waals surface area contributed by atoms with Crippen LogP contribution in [-0.2, 0) is 17.2 Å². The minimum Gasteiger partial charge on any atom is -0.488 e. The summed E-state index contributed by atoms with van der Waals surface area (Å²) >= 11 is 0. The van der Waals surface area contributed by atoms with Crippen LogP contribution >= 0.6 is 0 Å². The lowest BCUT2D eigenvalue weighted by atomic mass is 9.90. The zero-order valence-corrected chi connectivity index (χ0v) is 24.0. The Morgan fingerprint density at radius 2 is 1.91 bits per heavy atom. The minimum atomic E-state index is -4.47. The van der Waals surface area contributed by atoms with E-state index in [9.17, 15) is 23.2 Å². The molecule has 0 unspecified atom stereocenters. The highest BCUT2D eigenvalue weighted by atomic mass is 19.4. The molecule has 3 aliphatic rings. The number of halogens is 3. The van der Waals surface area contributed by atoms with Gasteiger partial charge in [-0.3, -0.25) is 4.79 Å². The van der Waals surface area contributed by atoms with Crippen LogP contribution in [0.3, 0.4) is 0 Å². The summed E-state index contributed by atoms with van der Waals surface area (Å²) in [4.78, 5) is 20.1. The van der Waals surface area contributed by atoms with Crippen molar-refractivity contribution in [2.24, 2.45) is 7.05 Å². The summed E-state index contributed by atoms with van der Waals surface area (Å²) in [5.74, 6) is 0.806. The van der Waals surface area contributed by atoms with Crippen LogP contribution in [-0.4, -0.2) is 48.1 Å². The fourth-order valence-electron chi connectivity index (χ4n) is 6.65. The number of aryl methyl sites for hydroxylation is 2. The molecule has 11 heteroatoms. The van der Waals surface area contributed by atoms with E-state index in [1.54, 1.807) is 6.07 Å². The molecule has 2 aliphatic heterocycles. The van der Waals surface area contributed by atoms with Crippen LogP contribution in [0.15, 0.2) is 39.5 Å².